The maximum absolute atomic E-state index is 5.10. The molecule has 0 spiro atoms. The smallest absolute Gasteiger partial charge is 0.148 e. The largest absolute Gasteiger partial charge is 0.279 e. The fraction of sp³-hybridized carbons (Fsp3) is 0.130. The first-order chi connectivity index (χ1) is 12.7. The number of nitrogens with zero attached hydrogens (tertiary/aromatic N) is 3. The predicted molar refractivity (Wildman–Crippen MR) is 107 cm³/mol. The minimum Gasteiger partial charge on any atom is -0.279 e. The molecule has 5 rings (SSSR count). The van der Waals surface area contributed by atoms with Gasteiger partial charge in [-0.05, 0) is 43.7 Å². The van der Waals surface area contributed by atoms with Crippen LogP contribution in [-0.4, -0.2) is 14.4 Å². The van der Waals surface area contributed by atoms with Gasteiger partial charge in [0.05, 0.1) is 16.6 Å². The maximum Gasteiger partial charge on any atom is 0.148 e. The molecule has 0 fully saturated rings. The Balaban J connectivity index is 1.98. The first-order valence-electron chi connectivity index (χ1n) is 8.88. The van der Waals surface area contributed by atoms with Crippen molar-refractivity contribution >= 4 is 27.6 Å². The molecule has 2 aromatic heterocycles. The number of rotatable bonds is 2. The Labute approximate surface area is 152 Å². The first-order valence-corrected chi connectivity index (χ1v) is 8.88. The molecule has 0 saturated heterocycles. The summed E-state index contributed by atoms with van der Waals surface area (Å²) in [7, 11) is 0. The highest BCUT2D eigenvalue weighted by Crippen LogP contribution is 2.34. The van der Waals surface area contributed by atoms with E-state index in [1.54, 1.807) is 0 Å². The van der Waals surface area contributed by atoms with Crippen molar-refractivity contribution in [1.82, 2.24) is 14.4 Å². The fourth-order valence-electron chi connectivity index (χ4n) is 3.75. The van der Waals surface area contributed by atoms with E-state index in [1.165, 1.54) is 5.56 Å². The number of hydrogen-bond acceptors (Lipinski definition) is 2. The molecule has 5 aromatic rings. The van der Waals surface area contributed by atoms with E-state index in [2.05, 4.69) is 78.9 Å². The lowest BCUT2D eigenvalue weighted by atomic mass is 9.83. The lowest BCUT2D eigenvalue weighted by Gasteiger charge is -2.26. The monoisotopic (exact) mass is 337 g/mol. The Hall–Kier alpha value is -3.20. The molecular weight excluding hydrogens is 318 g/mol. The Bertz CT molecular complexity index is 1250. The van der Waals surface area contributed by atoms with Gasteiger partial charge >= 0.3 is 0 Å². The van der Waals surface area contributed by atoms with Gasteiger partial charge < -0.3 is 0 Å². The zero-order chi connectivity index (χ0) is 17.7. The van der Waals surface area contributed by atoms with Gasteiger partial charge in [-0.3, -0.25) is 4.40 Å². The number of benzene rings is 3. The Morgan fingerprint density at radius 1 is 0.692 bits per heavy atom. The van der Waals surface area contributed by atoms with Crippen molar-refractivity contribution < 1.29 is 0 Å². The predicted octanol–water partition coefficient (Wildman–Crippen LogP) is 5.36. The molecule has 3 heteroatoms. The quantitative estimate of drug-likeness (QED) is 0.434. The highest BCUT2D eigenvalue weighted by molar-refractivity contribution is 5.96. The van der Waals surface area contributed by atoms with Gasteiger partial charge in [0.15, 0.2) is 0 Å². The minimum absolute atomic E-state index is 0.257. The zero-order valence-electron chi connectivity index (χ0n) is 14.8. The molecule has 0 bridgehead atoms. The molecule has 126 valence electrons. The van der Waals surface area contributed by atoms with Crippen molar-refractivity contribution in [1.29, 1.82) is 0 Å². The summed E-state index contributed by atoms with van der Waals surface area (Å²) in [5.41, 5.74) is 5.02. The van der Waals surface area contributed by atoms with Gasteiger partial charge in [0.25, 0.3) is 0 Å². The Kier molecular flexibility index (Phi) is 3.13. The number of imidazole rings is 1. The highest BCUT2D eigenvalue weighted by atomic mass is 15.1. The van der Waals surface area contributed by atoms with Crippen LogP contribution in [0.3, 0.4) is 0 Å². The van der Waals surface area contributed by atoms with Gasteiger partial charge in [0.2, 0.25) is 0 Å². The molecule has 0 aliphatic heterocycles. The average Bonchev–Trinajstić information content (AvgIpc) is 3.08. The summed E-state index contributed by atoms with van der Waals surface area (Å²) in [6.45, 7) is 4.46. The molecule has 0 unspecified atom stereocenters. The standard InChI is InChI=1S/C23H19N3/c1-23(2,16-10-4-3-5-11-16)22-25-18-13-7-6-12-17(18)21-24-19-14-8-9-15-20(19)26(21)22/h3-15H,1-2H3. The van der Waals surface area contributed by atoms with Crippen molar-refractivity contribution in [3.63, 3.8) is 0 Å². The van der Waals surface area contributed by atoms with Crippen LogP contribution in [0.15, 0.2) is 78.9 Å². The van der Waals surface area contributed by atoms with E-state index >= 15 is 0 Å². The molecule has 3 nitrogen and oxygen atoms in total. The van der Waals surface area contributed by atoms with Gasteiger partial charge in [-0.15, -0.1) is 0 Å². The third-order valence-electron chi connectivity index (χ3n) is 5.20. The number of hydrogen-bond donors (Lipinski definition) is 0. The molecule has 0 atom stereocenters. The van der Waals surface area contributed by atoms with Crippen LogP contribution in [0.1, 0.15) is 25.2 Å². The van der Waals surface area contributed by atoms with Crippen LogP contribution in [0.25, 0.3) is 27.6 Å². The molecule has 2 heterocycles. The molecule has 0 radical (unpaired) electrons. The summed E-state index contributed by atoms with van der Waals surface area (Å²) < 4.78 is 2.23. The van der Waals surface area contributed by atoms with E-state index in [0.29, 0.717) is 0 Å². The van der Waals surface area contributed by atoms with Crippen molar-refractivity contribution in [2.24, 2.45) is 0 Å². The van der Waals surface area contributed by atoms with Gasteiger partial charge in [0, 0.05) is 10.8 Å². The summed E-state index contributed by atoms with van der Waals surface area (Å²) in [4.78, 5) is 10.0. The molecule has 0 N–H and O–H groups in total. The second-order valence-electron chi connectivity index (χ2n) is 7.20. The Morgan fingerprint density at radius 2 is 1.35 bits per heavy atom. The van der Waals surface area contributed by atoms with Crippen molar-refractivity contribution in [3.05, 3.63) is 90.3 Å². The first kappa shape index (κ1) is 15.1. The van der Waals surface area contributed by atoms with Crippen LogP contribution in [0.4, 0.5) is 0 Å². The fourth-order valence-corrected chi connectivity index (χ4v) is 3.75. The lowest BCUT2D eigenvalue weighted by Crippen LogP contribution is -2.24. The minimum atomic E-state index is -0.257. The summed E-state index contributed by atoms with van der Waals surface area (Å²) >= 11 is 0. The number of fused-ring (bicyclic) bond motifs is 5. The van der Waals surface area contributed by atoms with E-state index in [4.69, 9.17) is 9.97 Å². The molecule has 0 aliphatic carbocycles. The maximum atomic E-state index is 5.10. The van der Waals surface area contributed by atoms with Gasteiger partial charge in [-0.2, -0.15) is 0 Å². The van der Waals surface area contributed by atoms with Crippen molar-refractivity contribution in [2.75, 3.05) is 0 Å². The summed E-state index contributed by atoms with van der Waals surface area (Å²) in [5.74, 6) is 1.01. The van der Waals surface area contributed by atoms with Gasteiger partial charge in [-0.25, -0.2) is 9.97 Å². The topological polar surface area (TPSA) is 30.2 Å². The van der Waals surface area contributed by atoms with Gasteiger partial charge in [-0.1, -0.05) is 54.6 Å². The van der Waals surface area contributed by atoms with Crippen LogP contribution in [0, 0.1) is 0 Å². The number of para-hydroxylation sites is 3. The van der Waals surface area contributed by atoms with E-state index in [-0.39, 0.29) is 5.41 Å². The molecule has 3 aromatic carbocycles. The lowest BCUT2D eigenvalue weighted by molar-refractivity contribution is 0.587. The molecule has 26 heavy (non-hydrogen) atoms. The second kappa shape index (κ2) is 5.40. The van der Waals surface area contributed by atoms with E-state index in [9.17, 15) is 0 Å². The van der Waals surface area contributed by atoms with Crippen molar-refractivity contribution in [3.8, 4) is 0 Å². The third kappa shape index (κ3) is 2.07. The molecular formula is C23H19N3. The summed E-state index contributed by atoms with van der Waals surface area (Å²) in [5, 5.41) is 1.08. The van der Waals surface area contributed by atoms with Crippen LogP contribution in [0.5, 0.6) is 0 Å². The molecule has 0 amide bonds. The second-order valence-corrected chi connectivity index (χ2v) is 7.20. The van der Waals surface area contributed by atoms with E-state index in [1.807, 2.05) is 18.2 Å². The highest BCUT2D eigenvalue weighted by Gasteiger charge is 2.29. The Morgan fingerprint density at radius 3 is 2.15 bits per heavy atom. The number of aromatic nitrogens is 3. The van der Waals surface area contributed by atoms with Crippen LogP contribution >= 0.6 is 0 Å². The third-order valence-corrected chi connectivity index (χ3v) is 5.20. The average molecular weight is 337 g/mol. The van der Waals surface area contributed by atoms with E-state index in [0.717, 1.165) is 33.4 Å². The summed E-state index contributed by atoms with van der Waals surface area (Å²) in [6.07, 6.45) is 0. The SMILES string of the molecule is CC(C)(c1ccccc1)c1nc2ccccc2c2nc3ccccc3n12. The normalized spacial score (nSPS) is 12.2. The van der Waals surface area contributed by atoms with Crippen LogP contribution in [0.2, 0.25) is 0 Å². The summed E-state index contributed by atoms with van der Waals surface area (Å²) in [6, 6.07) is 27.1. The molecule has 0 aliphatic rings. The van der Waals surface area contributed by atoms with Crippen molar-refractivity contribution in [2.45, 2.75) is 19.3 Å². The van der Waals surface area contributed by atoms with Crippen LogP contribution in [-0.2, 0) is 5.41 Å². The van der Waals surface area contributed by atoms with Gasteiger partial charge in [0.1, 0.15) is 11.5 Å². The zero-order valence-corrected chi connectivity index (χ0v) is 14.8. The van der Waals surface area contributed by atoms with Crippen LogP contribution < -0.4 is 0 Å². The molecule has 0 saturated carbocycles. The van der Waals surface area contributed by atoms with E-state index < -0.39 is 0 Å².